The fraction of sp³-hybridized carbons (Fsp3) is 0.278. The van der Waals surface area contributed by atoms with Gasteiger partial charge in [-0.25, -0.2) is 13.1 Å². The lowest BCUT2D eigenvalue weighted by atomic mass is 10.1. The highest BCUT2D eigenvalue weighted by Crippen LogP contribution is 2.25. The van der Waals surface area contributed by atoms with Crippen LogP contribution in [0.2, 0.25) is 0 Å². The second-order valence-corrected chi connectivity index (χ2v) is 7.74. The Morgan fingerprint density at radius 3 is 2.71 bits per heavy atom. The van der Waals surface area contributed by atoms with Gasteiger partial charge in [0.2, 0.25) is 15.9 Å². The summed E-state index contributed by atoms with van der Waals surface area (Å²) in [5.74, 6) is -0.0259. The molecule has 0 saturated heterocycles. The predicted octanol–water partition coefficient (Wildman–Crippen LogP) is 2.75. The van der Waals surface area contributed by atoms with Crippen LogP contribution in [0.5, 0.6) is 0 Å². The van der Waals surface area contributed by atoms with Crippen molar-refractivity contribution in [3.05, 3.63) is 59.2 Å². The summed E-state index contributed by atoms with van der Waals surface area (Å²) < 4.78 is 27.8. The molecule has 1 aliphatic heterocycles. The second-order valence-electron chi connectivity index (χ2n) is 5.97. The number of carbonyl (C=O) groups excluding carboxylic acids is 1. The van der Waals surface area contributed by atoms with E-state index < -0.39 is 10.0 Å². The lowest BCUT2D eigenvalue weighted by Crippen LogP contribution is -2.23. The second kappa shape index (κ2) is 6.75. The van der Waals surface area contributed by atoms with E-state index in [0.29, 0.717) is 18.5 Å². The summed E-state index contributed by atoms with van der Waals surface area (Å²) in [7, 11) is -3.60. The average molecular weight is 344 g/mol. The molecule has 0 aliphatic carbocycles. The predicted molar refractivity (Wildman–Crippen MR) is 93.2 cm³/mol. The summed E-state index contributed by atoms with van der Waals surface area (Å²) in [6.45, 7) is 2.21. The summed E-state index contributed by atoms with van der Waals surface area (Å²) in [6.07, 6.45) is 1.87. The Morgan fingerprint density at radius 1 is 1.12 bits per heavy atom. The monoisotopic (exact) mass is 344 g/mol. The van der Waals surface area contributed by atoms with Crippen molar-refractivity contribution in [2.24, 2.45) is 0 Å². The lowest BCUT2D eigenvalue weighted by molar-refractivity contribution is -0.116. The summed E-state index contributed by atoms with van der Waals surface area (Å²) >= 11 is 0. The van der Waals surface area contributed by atoms with Crippen LogP contribution in [0.25, 0.3) is 0 Å². The molecule has 2 N–H and O–H groups in total. The number of fused-ring (bicyclic) bond motifs is 1. The van der Waals surface area contributed by atoms with E-state index in [1.54, 1.807) is 12.1 Å². The molecule has 0 spiro atoms. The zero-order valence-corrected chi connectivity index (χ0v) is 14.3. The van der Waals surface area contributed by atoms with Gasteiger partial charge in [0.15, 0.2) is 0 Å². The molecule has 0 aromatic heterocycles. The van der Waals surface area contributed by atoms with E-state index in [0.717, 1.165) is 23.1 Å². The Hall–Kier alpha value is -2.18. The Labute approximate surface area is 142 Å². The quantitative estimate of drug-likeness (QED) is 0.895. The van der Waals surface area contributed by atoms with E-state index in [1.807, 2.05) is 31.2 Å². The maximum Gasteiger partial charge on any atom is 0.240 e. The molecule has 0 fully saturated rings. The van der Waals surface area contributed by atoms with Crippen LogP contribution in [0.15, 0.2) is 47.4 Å². The normalized spacial score (nSPS) is 14.6. The number of rotatable bonds is 4. The van der Waals surface area contributed by atoms with Crippen molar-refractivity contribution in [2.75, 3.05) is 5.32 Å². The van der Waals surface area contributed by atoms with Crippen LogP contribution in [-0.2, 0) is 27.8 Å². The van der Waals surface area contributed by atoms with E-state index in [1.165, 1.54) is 6.07 Å². The van der Waals surface area contributed by atoms with Gasteiger partial charge in [-0.05, 0) is 54.7 Å². The number of amides is 1. The lowest BCUT2D eigenvalue weighted by Gasteiger charge is -2.12. The minimum Gasteiger partial charge on any atom is -0.326 e. The fourth-order valence-electron chi connectivity index (χ4n) is 2.78. The molecule has 3 rings (SSSR count). The number of carbonyl (C=O) groups is 1. The molecule has 2 aromatic carbocycles. The molecule has 6 heteroatoms. The molecule has 0 bridgehead atoms. The minimum absolute atomic E-state index is 0.0259. The maximum absolute atomic E-state index is 12.6. The molecule has 0 radical (unpaired) electrons. The van der Waals surface area contributed by atoms with Gasteiger partial charge >= 0.3 is 0 Å². The largest absolute Gasteiger partial charge is 0.326 e. The van der Waals surface area contributed by atoms with Gasteiger partial charge in [-0.15, -0.1) is 0 Å². The van der Waals surface area contributed by atoms with Gasteiger partial charge in [0, 0.05) is 18.7 Å². The molecular formula is C18H20N2O3S. The number of hydrogen-bond acceptors (Lipinski definition) is 3. The smallest absolute Gasteiger partial charge is 0.240 e. The zero-order valence-electron chi connectivity index (χ0n) is 13.5. The number of anilines is 1. The van der Waals surface area contributed by atoms with Gasteiger partial charge in [0.1, 0.15) is 0 Å². The number of benzene rings is 2. The van der Waals surface area contributed by atoms with Crippen molar-refractivity contribution in [3.8, 4) is 0 Å². The number of aryl methyl sites for hydroxylation is 2. The minimum atomic E-state index is -3.60. The van der Waals surface area contributed by atoms with Crippen molar-refractivity contribution in [2.45, 2.75) is 37.6 Å². The molecular weight excluding hydrogens is 324 g/mol. The number of nitrogens with one attached hydrogen (secondary N) is 2. The topological polar surface area (TPSA) is 75.3 Å². The summed E-state index contributed by atoms with van der Waals surface area (Å²) in [5, 5.41) is 2.81. The van der Waals surface area contributed by atoms with Crippen LogP contribution >= 0.6 is 0 Å². The third-order valence-corrected chi connectivity index (χ3v) is 5.62. The molecule has 24 heavy (non-hydrogen) atoms. The summed E-state index contributed by atoms with van der Waals surface area (Å²) in [6, 6.07) is 12.5. The first kappa shape index (κ1) is 16.7. The van der Waals surface area contributed by atoms with E-state index >= 15 is 0 Å². The first-order valence-corrected chi connectivity index (χ1v) is 9.41. The Balaban J connectivity index is 1.81. The molecule has 0 unspecified atom stereocenters. The third-order valence-electron chi connectivity index (χ3n) is 4.22. The maximum atomic E-state index is 12.6. The van der Waals surface area contributed by atoms with Gasteiger partial charge in [0.05, 0.1) is 4.90 Å². The van der Waals surface area contributed by atoms with Crippen molar-refractivity contribution < 1.29 is 13.2 Å². The van der Waals surface area contributed by atoms with Crippen molar-refractivity contribution in [1.29, 1.82) is 0 Å². The SMILES string of the molecule is Cc1ccccc1CNS(=O)(=O)c1ccc2c(c1)CCCC(=O)N2. The fourth-order valence-corrected chi connectivity index (χ4v) is 3.84. The zero-order chi connectivity index (χ0) is 17.2. The molecule has 5 nitrogen and oxygen atoms in total. The van der Waals surface area contributed by atoms with E-state index in [4.69, 9.17) is 0 Å². The molecule has 1 amide bonds. The van der Waals surface area contributed by atoms with Gasteiger partial charge < -0.3 is 5.32 Å². The Kier molecular flexibility index (Phi) is 4.69. The summed E-state index contributed by atoms with van der Waals surface area (Å²) in [5.41, 5.74) is 3.56. The van der Waals surface area contributed by atoms with Crippen LogP contribution in [0.1, 0.15) is 29.5 Å². The van der Waals surface area contributed by atoms with Crippen LogP contribution in [0.4, 0.5) is 5.69 Å². The van der Waals surface area contributed by atoms with Gasteiger partial charge in [-0.3, -0.25) is 4.79 Å². The van der Waals surface area contributed by atoms with Crippen molar-refractivity contribution >= 4 is 21.6 Å². The first-order chi connectivity index (χ1) is 11.5. The average Bonchev–Trinajstić information content (AvgIpc) is 2.74. The van der Waals surface area contributed by atoms with Gasteiger partial charge in [-0.1, -0.05) is 24.3 Å². The Morgan fingerprint density at radius 2 is 1.92 bits per heavy atom. The molecule has 2 aromatic rings. The van der Waals surface area contributed by atoms with Crippen LogP contribution in [0.3, 0.4) is 0 Å². The first-order valence-electron chi connectivity index (χ1n) is 7.93. The van der Waals surface area contributed by atoms with Crippen molar-refractivity contribution in [1.82, 2.24) is 4.72 Å². The van der Waals surface area contributed by atoms with E-state index in [9.17, 15) is 13.2 Å². The molecule has 126 valence electrons. The molecule has 0 atom stereocenters. The molecule has 1 heterocycles. The van der Waals surface area contributed by atoms with Crippen LogP contribution in [0, 0.1) is 6.92 Å². The number of sulfonamides is 1. The van der Waals surface area contributed by atoms with Gasteiger partial charge in [-0.2, -0.15) is 0 Å². The number of hydrogen-bond donors (Lipinski definition) is 2. The Bertz CT molecular complexity index is 876. The highest BCUT2D eigenvalue weighted by atomic mass is 32.2. The third kappa shape index (κ3) is 3.66. The van der Waals surface area contributed by atoms with Crippen LogP contribution in [-0.4, -0.2) is 14.3 Å². The summed E-state index contributed by atoms with van der Waals surface area (Å²) in [4.78, 5) is 11.8. The standard InChI is InChI=1S/C18H20N2O3S/c1-13-5-2-3-6-15(13)12-19-24(22,23)16-9-10-17-14(11-16)7-4-8-18(21)20-17/h2-3,5-6,9-11,19H,4,7-8,12H2,1H3,(H,20,21). The van der Waals surface area contributed by atoms with Gasteiger partial charge in [0.25, 0.3) is 0 Å². The molecule has 0 saturated carbocycles. The van der Waals surface area contributed by atoms with E-state index in [-0.39, 0.29) is 17.3 Å². The van der Waals surface area contributed by atoms with E-state index in [2.05, 4.69) is 10.0 Å². The highest BCUT2D eigenvalue weighted by molar-refractivity contribution is 7.89. The highest BCUT2D eigenvalue weighted by Gasteiger charge is 2.18. The van der Waals surface area contributed by atoms with Crippen molar-refractivity contribution in [3.63, 3.8) is 0 Å². The molecule has 1 aliphatic rings. The van der Waals surface area contributed by atoms with Crippen LogP contribution < -0.4 is 10.0 Å².